The van der Waals surface area contributed by atoms with E-state index in [2.05, 4.69) is 15.1 Å². The van der Waals surface area contributed by atoms with E-state index in [1.807, 2.05) is 39.1 Å². The highest BCUT2D eigenvalue weighted by Gasteiger charge is 2.30. The lowest BCUT2D eigenvalue weighted by Gasteiger charge is -2.25. The molecule has 0 aliphatic heterocycles. The van der Waals surface area contributed by atoms with Gasteiger partial charge in [-0.1, -0.05) is 5.16 Å². The van der Waals surface area contributed by atoms with Gasteiger partial charge in [0.1, 0.15) is 0 Å². The lowest BCUT2D eigenvalue weighted by molar-refractivity contribution is 0.0744. The highest BCUT2D eigenvalue weighted by atomic mass is 16.5. The first-order valence-corrected chi connectivity index (χ1v) is 8.50. The molecule has 6 heteroatoms. The molecule has 0 saturated heterocycles. The van der Waals surface area contributed by atoms with Gasteiger partial charge >= 0.3 is 0 Å². The highest BCUT2D eigenvalue weighted by Crippen LogP contribution is 2.40. The molecule has 0 bridgehead atoms. The zero-order chi connectivity index (χ0) is 17.6. The van der Waals surface area contributed by atoms with Crippen LogP contribution in [0.3, 0.4) is 0 Å². The molecule has 3 heterocycles. The first kappa shape index (κ1) is 15.7. The summed E-state index contributed by atoms with van der Waals surface area (Å²) in [6.45, 7) is 3.85. The Labute approximate surface area is 145 Å². The van der Waals surface area contributed by atoms with E-state index in [-0.39, 0.29) is 11.9 Å². The number of nitrogens with zero attached hydrogens (tertiary/aromatic N) is 4. The maximum absolute atomic E-state index is 13.2. The number of rotatable bonds is 4. The predicted octanol–water partition coefficient (Wildman–Crippen LogP) is 3.64. The Balaban J connectivity index is 1.75. The van der Waals surface area contributed by atoms with Crippen molar-refractivity contribution in [1.29, 1.82) is 0 Å². The number of aryl methyl sites for hydroxylation is 1. The molecule has 3 aromatic rings. The molecule has 25 heavy (non-hydrogen) atoms. The van der Waals surface area contributed by atoms with Crippen LogP contribution in [0.25, 0.3) is 11.1 Å². The number of carbonyl (C=O) groups excluding carboxylic acids is 1. The zero-order valence-electron chi connectivity index (χ0n) is 14.6. The van der Waals surface area contributed by atoms with Crippen LogP contribution in [0, 0.1) is 6.92 Å². The normalized spacial score (nSPS) is 15.3. The van der Waals surface area contributed by atoms with Gasteiger partial charge in [-0.3, -0.25) is 9.78 Å². The van der Waals surface area contributed by atoms with Gasteiger partial charge in [-0.25, -0.2) is 4.98 Å². The predicted molar refractivity (Wildman–Crippen MR) is 93.3 cm³/mol. The van der Waals surface area contributed by atoms with Crippen LogP contribution in [-0.4, -0.2) is 33.0 Å². The third-order valence-corrected chi connectivity index (χ3v) is 4.95. The van der Waals surface area contributed by atoms with Crippen molar-refractivity contribution in [3.05, 3.63) is 53.1 Å². The van der Waals surface area contributed by atoms with Crippen molar-refractivity contribution in [2.24, 2.45) is 0 Å². The van der Waals surface area contributed by atoms with Crippen molar-refractivity contribution in [1.82, 2.24) is 20.0 Å². The van der Waals surface area contributed by atoms with Gasteiger partial charge in [0.15, 0.2) is 0 Å². The van der Waals surface area contributed by atoms with Crippen LogP contribution >= 0.6 is 0 Å². The van der Waals surface area contributed by atoms with E-state index in [9.17, 15) is 4.79 Å². The summed E-state index contributed by atoms with van der Waals surface area (Å²) < 4.78 is 5.34. The maximum atomic E-state index is 13.2. The van der Waals surface area contributed by atoms with Gasteiger partial charge in [0.05, 0.1) is 22.7 Å². The summed E-state index contributed by atoms with van der Waals surface area (Å²) in [5.41, 5.74) is 3.74. The summed E-state index contributed by atoms with van der Waals surface area (Å²) in [5.74, 6) is 0.384. The van der Waals surface area contributed by atoms with Crippen LogP contribution < -0.4 is 0 Å². The molecule has 6 nitrogen and oxygen atoms in total. The molecule has 4 rings (SSSR count). The minimum atomic E-state index is -0.0664. The standard InChI is InChI=1S/C19H20N4O2/c1-11-17-15(10-16(14-4-5-14)21-18(17)25-22-11)19(24)23(3)12(2)13-6-8-20-9-7-13/h6-10,12,14H,4-5H2,1-3H3. The smallest absolute Gasteiger partial charge is 0.259 e. The average Bonchev–Trinajstić information content (AvgIpc) is 3.43. The van der Waals surface area contributed by atoms with Gasteiger partial charge in [0.2, 0.25) is 0 Å². The third-order valence-electron chi connectivity index (χ3n) is 4.95. The SMILES string of the molecule is Cc1noc2nc(C3CC3)cc(C(=O)N(C)C(C)c3ccncc3)c12. The molecule has 0 N–H and O–H groups in total. The lowest BCUT2D eigenvalue weighted by Crippen LogP contribution is -2.30. The Kier molecular flexibility index (Phi) is 3.75. The van der Waals surface area contributed by atoms with Gasteiger partial charge < -0.3 is 9.42 Å². The fourth-order valence-electron chi connectivity index (χ4n) is 3.10. The topological polar surface area (TPSA) is 72.1 Å². The second-order valence-corrected chi connectivity index (χ2v) is 6.69. The summed E-state index contributed by atoms with van der Waals surface area (Å²) in [5, 5.41) is 4.72. The molecule has 0 spiro atoms. The minimum Gasteiger partial charge on any atom is -0.336 e. The highest BCUT2D eigenvalue weighted by molar-refractivity contribution is 6.06. The van der Waals surface area contributed by atoms with Gasteiger partial charge in [0, 0.05) is 31.1 Å². The lowest BCUT2D eigenvalue weighted by atomic mass is 10.0. The second-order valence-electron chi connectivity index (χ2n) is 6.69. The number of amides is 1. The van der Waals surface area contributed by atoms with Crippen molar-refractivity contribution in [3.8, 4) is 0 Å². The molecule has 1 aliphatic carbocycles. The molecular formula is C19H20N4O2. The molecular weight excluding hydrogens is 316 g/mol. The monoisotopic (exact) mass is 336 g/mol. The number of aromatic nitrogens is 3. The number of hydrogen-bond donors (Lipinski definition) is 0. The largest absolute Gasteiger partial charge is 0.336 e. The van der Waals surface area contributed by atoms with Crippen molar-refractivity contribution in [2.75, 3.05) is 7.05 Å². The van der Waals surface area contributed by atoms with Gasteiger partial charge in [-0.15, -0.1) is 0 Å². The van der Waals surface area contributed by atoms with E-state index in [1.54, 1.807) is 17.3 Å². The van der Waals surface area contributed by atoms with Crippen LogP contribution in [0.1, 0.15) is 59.0 Å². The number of hydrogen-bond acceptors (Lipinski definition) is 5. The Morgan fingerprint density at radius 2 is 2.04 bits per heavy atom. The molecule has 0 aromatic carbocycles. The van der Waals surface area contributed by atoms with Gasteiger partial charge in [-0.05, 0) is 50.5 Å². The molecule has 1 fully saturated rings. The fourth-order valence-corrected chi connectivity index (χ4v) is 3.10. The molecule has 1 aliphatic rings. The van der Waals surface area contributed by atoms with Crippen molar-refractivity contribution < 1.29 is 9.32 Å². The van der Waals surface area contributed by atoms with Crippen molar-refractivity contribution in [2.45, 2.75) is 38.6 Å². The summed E-state index contributed by atoms with van der Waals surface area (Å²) in [6.07, 6.45) is 5.71. The van der Waals surface area contributed by atoms with E-state index in [0.29, 0.717) is 28.3 Å². The summed E-state index contributed by atoms with van der Waals surface area (Å²) >= 11 is 0. The summed E-state index contributed by atoms with van der Waals surface area (Å²) in [7, 11) is 1.82. The number of fused-ring (bicyclic) bond motifs is 1. The summed E-state index contributed by atoms with van der Waals surface area (Å²) in [4.78, 5) is 23.6. The molecule has 1 saturated carbocycles. The molecule has 0 radical (unpaired) electrons. The summed E-state index contributed by atoms with van der Waals surface area (Å²) in [6, 6.07) is 5.71. The number of carbonyl (C=O) groups is 1. The Morgan fingerprint density at radius 3 is 2.72 bits per heavy atom. The van der Waals surface area contributed by atoms with Crippen LogP contribution in [0.4, 0.5) is 0 Å². The second kappa shape index (κ2) is 5.95. The first-order valence-electron chi connectivity index (χ1n) is 8.50. The zero-order valence-corrected chi connectivity index (χ0v) is 14.6. The molecule has 1 atom stereocenters. The average molecular weight is 336 g/mol. The molecule has 1 amide bonds. The molecule has 1 unspecified atom stereocenters. The van der Waals surface area contributed by atoms with Crippen molar-refractivity contribution >= 4 is 17.0 Å². The maximum Gasteiger partial charge on any atom is 0.259 e. The quantitative estimate of drug-likeness (QED) is 0.727. The van der Waals surface area contributed by atoms with Crippen LogP contribution in [-0.2, 0) is 0 Å². The van der Waals surface area contributed by atoms with Crippen molar-refractivity contribution in [3.63, 3.8) is 0 Å². The van der Waals surface area contributed by atoms with Crippen LogP contribution in [0.2, 0.25) is 0 Å². The van der Waals surface area contributed by atoms with Gasteiger partial charge in [0.25, 0.3) is 11.6 Å². The van der Waals surface area contributed by atoms with Gasteiger partial charge in [-0.2, -0.15) is 0 Å². The van der Waals surface area contributed by atoms with E-state index in [4.69, 9.17) is 4.52 Å². The molecule has 128 valence electrons. The van der Waals surface area contributed by atoms with Crippen LogP contribution in [0.15, 0.2) is 35.1 Å². The van der Waals surface area contributed by atoms with E-state index < -0.39 is 0 Å². The fraction of sp³-hybridized carbons (Fsp3) is 0.368. The Morgan fingerprint density at radius 1 is 1.32 bits per heavy atom. The Bertz CT molecular complexity index is 931. The van der Waals surface area contributed by atoms with Crippen LogP contribution in [0.5, 0.6) is 0 Å². The van der Waals surface area contributed by atoms with E-state index in [0.717, 1.165) is 24.1 Å². The first-order chi connectivity index (χ1) is 12.1. The van der Waals surface area contributed by atoms with E-state index in [1.165, 1.54) is 0 Å². The molecule has 3 aromatic heterocycles. The Hall–Kier alpha value is -2.76. The van der Waals surface area contributed by atoms with E-state index >= 15 is 0 Å². The number of pyridine rings is 2. The minimum absolute atomic E-state index is 0.0510. The third kappa shape index (κ3) is 2.77.